The summed E-state index contributed by atoms with van der Waals surface area (Å²) in [4.78, 5) is 11.7. The predicted molar refractivity (Wildman–Crippen MR) is 80.1 cm³/mol. The molecule has 0 spiro atoms. The van der Waals surface area contributed by atoms with Crippen LogP contribution in [0.5, 0.6) is 0 Å². The Balaban J connectivity index is 1.75. The second kappa shape index (κ2) is 7.82. The number of anilines is 1. The van der Waals surface area contributed by atoms with E-state index in [2.05, 4.69) is 15.5 Å². The van der Waals surface area contributed by atoms with Crippen LogP contribution < -0.4 is 5.32 Å². The van der Waals surface area contributed by atoms with E-state index in [1.807, 2.05) is 37.3 Å². The molecule has 2 aromatic rings. The van der Waals surface area contributed by atoms with Gasteiger partial charge in [-0.25, -0.2) is 0 Å². The molecule has 0 saturated heterocycles. The third kappa shape index (κ3) is 4.89. The van der Waals surface area contributed by atoms with Crippen molar-refractivity contribution in [3.63, 3.8) is 0 Å². The van der Waals surface area contributed by atoms with E-state index in [9.17, 15) is 4.79 Å². The molecule has 112 valence electrons. The van der Waals surface area contributed by atoms with Crippen LogP contribution >= 0.6 is 11.3 Å². The molecule has 21 heavy (non-hydrogen) atoms. The maximum absolute atomic E-state index is 11.7. The first-order valence-electron chi connectivity index (χ1n) is 6.46. The number of benzene rings is 1. The molecule has 0 aliphatic rings. The summed E-state index contributed by atoms with van der Waals surface area (Å²) < 4.78 is 10.5. The van der Waals surface area contributed by atoms with Crippen LogP contribution in [0.2, 0.25) is 0 Å². The van der Waals surface area contributed by atoms with Crippen molar-refractivity contribution in [3.05, 3.63) is 40.9 Å². The van der Waals surface area contributed by atoms with Gasteiger partial charge in [-0.15, -0.1) is 10.2 Å². The molecule has 2 rings (SSSR count). The smallest absolute Gasteiger partial charge is 0.252 e. The lowest BCUT2D eigenvalue weighted by Gasteiger charge is -2.04. The van der Waals surface area contributed by atoms with E-state index in [4.69, 9.17) is 9.47 Å². The van der Waals surface area contributed by atoms with Crippen LogP contribution in [0.1, 0.15) is 23.6 Å². The summed E-state index contributed by atoms with van der Waals surface area (Å²) in [5, 5.41) is 11.7. The summed E-state index contributed by atoms with van der Waals surface area (Å²) in [5.41, 5.74) is 1.03. The molecule has 0 aliphatic carbocycles. The van der Waals surface area contributed by atoms with Crippen LogP contribution in [0, 0.1) is 0 Å². The number of carbonyl (C=O) groups is 1. The SMILES string of the molecule is COC(C)c1nnc(NC(=O)COCc2ccccc2)s1. The van der Waals surface area contributed by atoms with Gasteiger partial charge in [0.2, 0.25) is 5.13 Å². The Hall–Kier alpha value is -1.83. The number of nitrogens with one attached hydrogen (secondary N) is 1. The highest BCUT2D eigenvalue weighted by molar-refractivity contribution is 7.15. The van der Waals surface area contributed by atoms with E-state index in [1.54, 1.807) is 7.11 Å². The molecule has 1 amide bonds. The summed E-state index contributed by atoms with van der Waals surface area (Å²) in [6.07, 6.45) is -0.137. The number of carbonyl (C=O) groups excluding carboxylic acids is 1. The van der Waals surface area contributed by atoms with Crippen molar-refractivity contribution in [2.24, 2.45) is 0 Å². The van der Waals surface area contributed by atoms with Gasteiger partial charge >= 0.3 is 0 Å². The second-order valence-corrected chi connectivity index (χ2v) is 5.36. The molecular weight excluding hydrogens is 290 g/mol. The first kappa shape index (κ1) is 15.6. The first-order valence-corrected chi connectivity index (χ1v) is 7.28. The van der Waals surface area contributed by atoms with Crippen molar-refractivity contribution in [1.29, 1.82) is 0 Å². The number of rotatable bonds is 7. The fraction of sp³-hybridized carbons (Fsp3) is 0.357. The van der Waals surface area contributed by atoms with E-state index in [1.165, 1.54) is 11.3 Å². The van der Waals surface area contributed by atoms with Crippen molar-refractivity contribution < 1.29 is 14.3 Å². The number of methoxy groups -OCH3 is 1. The Kier molecular flexibility index (Phi) is 5.79. The normalized spacial score (nSPS) is 12.1. The Bertz CT molecular complexity index is 574. The minimum Gasteiger partial charge on any atom is -0.374 e. The summed E-state index contributed by atoms with van der Waals surface area (Å²) in [7, 11) is 1.60. The number of amides is 1. The van der Waals surface area contributed by atoms with Gasteiger partial charge in [0.15, 0.2) is 0 Å². The Morgan fingerprint density at radius 3 is 2.81 bits per heavy atom. The minimum atomic E-state index is -0.251. The molecule has 0 fully saturated rings. The van der Waals surface area contributed by atoms with E-state index in [0.29, 0.717) is 11.7 Å². The largest absolute Gasteiger partial charge is 0.374 e. The monoisotopic (exact) mass is 307 g/mol. The molecule has 1 aromatic heterocycles. The van der Waals surface area contributed by atoms with Gasteiger partial charge in [-0.3, -0.25) is 10.1 Å². The molecule has 0 radical (unpaired) electrons. The molecular formula is C14H17N3O3S. The fourth-order valence-electron chi connectivity index (χ4n) is 1.54. The number of ether oxygens (including phenoxy) is 2. The van der Waals surface area contributed by atoms with Crippen LogP contribution in [-0.2, 0) is 20.9 Å². The number of hydrogen-bond donors (Lipinski definition) is 1. The zero-order valence-corrected chi connectivity index (χ0v) is 12.7. The van der Waals surface area contributed by atoms with Crippen molar-refractivity contribution >= 4 is 22.4 Å². The highest BCUT2D eigenvalue weighted by atomic mass is 32.1. The van der Waals surface area contributed by atoms with E-state index < -0.39 is 0 Å². The lowest BCUT2D eigenvalue weighted by Crippen LogP contribution is -2.18. The van der Waals surface area contributed by atoms with Gasteiger partial charge in [-0.1, -0.05) is 41.7 Å². The number of nitrogens with zero attached hydrogens (tertiary/aromatic N) is 2. The van der Waals surface area contributed by atoms with Crippen molar-refractivity contribution in [2.75, 3.05) is 19.0 Å². The Labute approximate surface area is 127 Å². The minimum absolute atomic E-state index is 0.0242. The van der Waals surface area contributed by atoms with Crippen LogP contribution in [0.4, 0.5) is 5.13 Å². The highest BCUT2D eigenvalue weighted by Crippen LogP contribution is 2.23. The van der Waals surface area contributed by atoms with Gasteiger partial charge in [0.25, 0.3) is 5.91 Å². The van der Waals surface area contributed by atoms with Crippen LogP contribution in [0.15, 0.2) is 30.3 Å². The van der Waals surface area contributed by atoms with Gasteiger partial charge in [-0.2, -0.15) is 0 Å². The van der Waals surface area contributed by atoms with Crippen molar-refractivity contribution in [2.45, 2.75) is 19.6 Å². The molecule has 6 nitrogen and oxygen atoms in total. The molecule has 1 atom stereocenters. The van der Waals surface area contributed by atoms with Crippen molar-refractivity contribution in [1.82, 2.24) is 10.2 Å². The van der Waals surface area contributed by atoms with Crippen LogP contribution in [-0.4, -0.2) is 29.8 Å². The predicted octanol–water partition coefficient (Wildman–Crippen LogP) is 2.40. The molecule has 0 bridgehead atoms. The zero-order valence-electron chi connectivity index (χ0n) is 11.9. The highest BCUT2D eigenvalue weighted by Gasteiger charge is 2.12. The molecule has 1 unspecified atom stereocenters. The summed E-state index contributed by atoms with van der Waals surface area (Å²) >= 11 is 1.29. The molecule has 7 heteroatoms. The van der Waals surface area contributed by atoms with Gasteiger partial charge in [-0.05, 0) is 12.5 Å². The summed E-state index contributed by atoms with van der Waals surface area (Å²) in [6.45, 7) is 2.25. The molecule has 0 aliphatic heterocycles. The summed E-state index contributed by atoms with van der Waals surface area (Å²) in [5.74, 6) is -0.251. The number of aromatic nitrogens is 2. The molecule has 0 saturated carbocycles. The van der Waals surface area contributed by atoms with Crippen LogP contribution in [0.3, 0.4) is 0 Å². The maximum Gasteiger partial charge on any atom is 0.252 e. The quantitative estimate of drug-likeness (QED) is 0.850. The standard InChI is InChI=1S/C14H17N3O3S/c1-10(19-2)13-16-17-14(21-13)15-12(18)9-20-8-11-6-4-3-5-7-11/h3-7,10H,8-9H2,1-2H3,(H,15,17,18). The zero-order chi connectivity index (χ0) is 15.1. The van der Waals surface area contributed by atoms with Gasteiger partial charge in [0.1, 0.15) is 17.7 Å². The van der Waals surface area contributed by atoms with Gasteiger partial charge < -0.3 is 9.47 Å². The molecule has 1 N–H and O–H groups in total. The third-order valence-electron chi connectivity index (χ3n) is 2.73. The van der Waals surface area contributed by atoms with E-state index in [0.717, 1.165) is 10.6 Å². The lowest BCUT2D eigenvalue weighted by molar-refractivity contribution is -0.121. The molecule has 1 heterocycles. The second-order valence-electron chi connectivity index (χ2n) is 4.35. The first-order chi connectivity index (χ1) is 10.2. The Morgan fingerprint density at radius 2 is 2.10 bits per heavy atom. The van der Waals surface area contributed by atoms with Gasteiger partial charge in [0.05, 0.1) is 6.61 Å². The van der Waals surface area contributed by atoms with E-state index in [-0.39, 0.29) is 18.6 Å². The Morgan fingerprint density at radius 1 is 1.33 bits per heavy atom. The fourth-order valence-corrected chi connectivity index (χ4v) is 2.33. The summed E-state index contributed by atoms with van der Waals surface area (Å²) in [6, 6.07) is 9.68. The molecule has 1 aromatic carbocycles. The maximum atomic E-state index is 11.7. The van der Waals surface area contributed by atoms with Crippen molar-refractivity contribution in [3.8, 4) is 0 Å². The average molecular weight is 307 g/mol. The van der Waals surface area contributed by atoms with Crippen LogP contribution in [0.25, 0.3) is 0 Å². The lowest BCUT2D eigenvalue weighted by atomic mass is 10.2. The number of hydrogen-bond acceptors (Lipinski definition) is 6. The average Bonchev–Trinajstić information content (AvgIpc) is 2.96. The van der Waals surface area contributed by atoms with Gasteiger partial charge in [0, 0.05) is 7.11 Å². The van der Waals surface area contributed by atoms with E-state index >= 15 is 0 Å². The topological polar surface area (TPSA) is 73.3 Å². The third-order valence-corrected chi connectivity index (χ3v) is 3.73.